The summed E-state index contributed by atoms with van der Waals surface area (Å²) in [6.45, 7) is -9.10. The van der Waals surface area contributed by atoms with E-state index in [2.05, 4.69) is 8.83 Å². The van der Waals surface area contributed by atoms with Crippen LogP contribution >= 0.6 is 15.6 Å². The molecule has 0 aliphatic rings. The summed E-state index contributed by atoms with van der Waals surface area (Å²) in [6.07, 6.45) is -3.81. The molecule has 0 fully saturated rings. The predicted octanol–water partition coefficient (Wildman–Crippen LogP) is 1.18. The average Bonchev–Trinajstić information content (AvgIpc) is 2.04. The first-order chi connectivity index (χ1) is 9.73. The van der Waals surface area contributed by atoms with Crippen molar-refractivity contribution in [3.63, 3.8) is 0 Å². The maximum Gasteiger partial charge on any atom is 0.481 e. The van der Waals surface area contributed by atoms with Crippen molar-refractivity contribution in [2.75, 3.05) is 6.56 Å². The third kappa shape index (κ3) is 8.59. The minimum absolute atomic E-state index is 1.63. The van der Waals surface area contributed by atoms with Crippen LogP contribution in [0.25, 0.3) is 0 Å². The summed E-state index contributed by atoms with van der Waals surface area (Å²) in [7, 11) is -11.5. The summed E-state index contributed by atoms with van der Waals surface area (Å²) in [5.74, 6) is 0. The third-order valence-corrected chi connectivity index (χ3v) is 2.54. The largest absolute Gasteiger partial charge is 0.481 e. The average molecular weight is 255 g/mol. The SMILES string of the molecule is [2H]C([2H])=C(C([2H])([2H])[2H])C([2H])([2H])C([2H])([2H])OP(=O)(O)OP(=O)(O)O. The maximum atomic E-state index is 11.3. The molecule has 7 nitrogen and oxygen atoms in total. The molecule has 0 radical (unpaired) electrons. The fourth-order valence-electron chi connectivity index (χ4n) is 0.283. The van der Waals surface area contributed by atoms with Crippen molar-refractivity contribution in [3.05, 3.63) is 12.1 Å². The zero-order valence-electron chi connectivity index (χ0n) is 15.4. The molecule has 0 aromatic carbocycles. The van der Waals surface area contributed by atoms with Gasteiger partial charge in [0.15, 0.2) is 0 Å². The Balaban J connectivity index is 5.86. The molecule has 14 heavy (non-hydrogen) atoms. The van der Waals surface area contributed by atoms with E-state index in [1.807, 2.05) is 0 Å². The molecule has 1 unspecified atom stereocenters. The molecular formula is C5H12O7P2. The standard InChI is InChI=1S/C5H12O7P2/c1-5(2)3-4-11-14(9,10)12-13(6,7)8/h1,3-4H2,2H3,(H,9,10)(H2,6,7,8)/i1D2,2D3,3D2,4D2. The first-order valence-corrected chi connectivity index (χ1v) is 5.74. The lowest BCUT2D eigenvalue weighted by molar-refractivity contribution is 0.180. The molecule has 0 aromatic heterocycles. The molecule has 0 aromatic rings. The van der Waals surface area contributed by atoms with Crippen LogP contribution in [-0.4, -0.2) is 21.2 Å². The molecule has 0 saturated heterocycles. The van der Waals surface area contributed by atoms with E-state index in [9.17, 15) is 9.13 Å². The van der Waals surface area contributed by atoms with Crippen LogP contribution < -0.4 is 0 Å². The molecule has 0 bridgehead atoms. The highest BCUT2D eigenvalue weighted by Crippen LogP contribution is 2.57. The van der Waals surface area contributed by atoms with Crippen LogP contribution in [0.1, 0.15) is 25.6 Å². The maximum absolute atomic E-state index is 11.3. The van der Waals surface area contributed by atoms with Crippen molar-refractivity contribution < 1.29 is 45.0 Å². The fraction of sp³-hybridized carbons (Fsp3) is 0.600. The summed E-state index contributed by atoms with van der Waals surface area (Å²) >= 11 is 0. The molecule has 9 heteroatoms. The van der Waals surface area contributed by atoms with Gasteiger partial charge >= 0.3 is 15.6 Å². The highest BCUT2D eigenvalue weighted by molar-refractivity contribution is 7.60. The van der Waals surface area contributed by atoms with Crippen molar-refractivity contribution in [2.24, 2.45) is 0 Å². The molecule has 84 valence electrons. The van der Waals surface area contributed by atoms with Gasteiger partial charge in [-0.2, -0.15) is 4.31 Å². The van der Waals surface area contributed by atoms with Crippen LogP contribution in [0.2, 0.25) is 0 Å². The van der Waals surface area contributed by atoms with Gasteiger partial charge in [-0.25, -0.2) is 9.13 Å². The molecule has 0 spiro atoms. The molecule has 0 heterocycles. The van der Waals surface area contributed by atoms with Crippen LogP contribution in [0.3, 0.4) is 0 Å². The number of hydrogen-bond donors (Lipinski definition) is 3. The predicted molar refractivity (Wildman–Crippen MR) is 48.3 cm³/mol. The summed E-state index contributed by atoms with van der Waals surface area (Å²) in [4.78, 5) is 25.8. The summed E-state index contributed by atoms with van der Waals surface area (Å²) in [5, 5.41) is 0. The first-order valence-electron chi connectivity index (χ1n) is 7.22. The van der Waals surface area contributed by atoms with Gasteiger partial charge < -0.3 is 14.7 Å². The van der Waals surface area contributed by atoms with E-state index in [0.29, 0.717) is 0 Å². The zero-order valence-corrected chi connectivity index (χ0v) is 8.16. The number of hydrogen-bond acceptors (Lipinski definition) is 4. The lowest BCUT2D eigenvalue weighted by Gasteiger charge is -2.11. The van der Waals surface area contributed by atoms with Gasteiger partial charge in [0.1, 0.15) is 0 Å². The highest BCUT2D eigenvalue weighted by Gasteiger charge is 2.31. The number of phosphoric acid groups is 2. The van der Waals surface area contributed by atoms with Crippen LogP contribution in [0.4, 0.5) is 0 Å². The Kier molecular flexibility index (Phi) is 1.81. The zero-order chi connectivity index (χ0) is 19.1. The summed E-state index contributed by atoms with van der Waals surface area (Å²) < 4.78 is 93.0. The van der Waals surface area contributed by atoms with Crippen molar-refractivity contribution in [1.29, 1.82) is 0 Å². The van der Waals surface area contributed by atoms with E-state index >= 15 is 0 Å². The Hall–Kier alpha value is -0.0000000000000000416. The van der Waals surface area contributed by atoms with Crippen molar-refractivity contribution in [1.82, 2.24) is 0 Å². The monoisotopic (exact) mass is 255 g/mol. The topological polar surface area (TPSA) is 113 Å². The molecule has 0 aliphatic carbocycles. The Morgan fingerprint density at radius 1 is 1.64 bits per heavy atom. The minimum Gasteiger partial charge on any atom is -0.302 e. The number of rotatable bonds is 6. The van der Waals surface area contributed by atoms with Gasteiger partial charge in [-0.3, -0.25) is 4.52 Å². The lowest BCUT2D eigenvalue weighted by atomic mass is 10.3. The molecular weight excluding hydrogens is 234 g/mol. The Morgan fingerprint density at radius 3 is 2.71 bits per heavy atom. The minimum atomic E-state index is -5.86. The second-order valence-electron chi connectivity index (χ2n) is 1.73. The van der Waals surface area contributed by atoms with Crippen LogP contribution in [0, 0.1) is 0 Å². The van der Waals surface area contributed by atoms with E-state index in [1.54, 1.807) is 0 Å². The van der Waals surface area contributed by atoms with E-state index in [-0.39, 0.29) is 0 Å². The second kappa shape index (κ2) is 5.19. The van der Waals surface area contributed by atoms with Crippen molar-refractivity contribution >= 4 is 15.6 Å². The fourth-order valence-corrected chi connectivity index (χ4v) is 1.65. The smallest absolute Gasteiger partial charge is 0.302 e. The summed E-state index contributed by atoms with van der Waals surface area (Å²) in [6, 6.07) is 0. The van der Waals surface area contributed by atoms with Gasteiger partial charge in [-0.1, -0.05) is 5.57 Å². The molecule has 0 aliphatic heterocycles. The molecule has 1 atom stereocenters. The highest BCUT2D eigenvalue weighted by atomic mass is 31.3. The van der Waals surface area contributed by atoms with E-state index in [0.717, 1.165) is 0 Å². The number of phosphoric ester groups is 1. The normalized spacial score (nSPS) is 28.4. The van der Waals surface area contributed by atoms with E-state index in [4.69, 9.17) is 27.0 Å². The van der Waals surface area contributed by atoms with Gasteiger partial charge in [0, 0.05) is 6.85 Å². The third-order valence-electron chi connectivity index (χ3n) is 0.547. The van der Waals surface area contributed by atoms with Gasteiger partial charge in [0.05, 0.1) is 12.0 Å². The van der Waals surface area contributed by atoms with Crippen LogP contribution in [0.5, 0.6) is 0 Å². The molecule has 0 amide bonds. The van der Waals surface area contributed by atoms with E-state index in [1.165, 1.54) is 0 Å². The van der Waals surface area contributed by atoms with Crippen LogP contribution in [-0.2, 0) is 18.0 Å². The Bertz CT molecular complexity index is 573. The van der Waals surface area contributed by atoms with Gasteiger partial charge in [-0.15, -0.1) is 6.53 Å². The molecule has 0 rings (SSSR count). The summed E-state index contributed by atoms with van der Waals surface area (Å²) in [5.41, 5.74) is -1.69. The van der Waals surface area contributed by atoms with Crippen LogP contribution in [0.15, 0.2) is 12.1 Å². The van der Waals surface area contributed by atoms with Crippen molar-refractivity contribution in [3.8, 4) is 0 Å². The second-order valence-corrected chi connectivity index (χ2v) is 4.49. The van der Waals surface area contributed by atoms with E-state index < -0.39 is 47.5 Å². The Morgan fingerprint density at radius 2 is 2.29 bits per heavy atom. The molecule has 3 N–H and O–H groups in total. The molecule has 0 saturated carbocycles. The van der Waals surface area contributed by atoms with Crippen molar-refractivity contribution in [2.45, 2.75) is 13.2 Å². The van der Waals surface area contributed by atoms with Gasteiger partial charge in [-0.05, 0) is 13.2 Å². The first kappa shape index (κ1) is 4.89. The lowest BCUT2D eigenvalue weighted by Crippen LogP contribution is -1.96. The van der Waals surface area contributed by atoms with Gasteiger partial charge in [0.2, 0.25) is 0 Å². The Labute approximate surface area is 93.9 Å². The quantitative estimate of drug-likeness (QED) is 0.482. The van der Waals surface area contributed by atoms with Gasteiger partial charge in [0.25, 0.3) is 0 Å².